The van der Waals surface area contributed by atoms with Crippen LogP contribution in [0.3, 0.4) is 0 Å². The van der Waals surface area contributed by atoms with Crippen molar-refractivity contribution in [1.82, 2.24) is 15.4 Å². The summed E-state index contributed by atoms with van der Waals surface area (Å²) in [5.41, 5.74) is 1.58. The molecule has 1 amide bonds. The SMILES string of the molecule is C[C@H]1CN(Cc2ccc3c(c2)OCCO3)C[C@H]1NC(=O)c1cc(C2CC2)on1. The molecule has 0 radical (unpaired) electrons. The standard InChI is InChI=1S/C21H25N3O4/c1-13-10-24(11-14-2-5-18-20(8-14)27-7-6-26-18)12-17(13)22-21(25)16-9-19(28-23-16)15-3-4-15/h2,5,8-9,13,15,17H,3-4,6-7,10-12H2,1H3,(H,22,25)/t13-,17+/m0/s1. The molecule has 3 aliphatic rings. The van der Waals surface area contributed by atoms with E-state index in [9.17, 15) is 4.79 Å². The molecule has 1 saturated carbocycles. The zero-order valence-electron chi connectivity index (χ0n) is 16.0. The molecule has 0 spiro atoms. The third-order valence-electron chi connectivity index (χ3n) is 5.76. The fourth-order valence-electron chi connectivity index (χ4n) is 4.03. The second-order valence-corrected chi connectivity index (χ2v) is 8.12. The number of hydrogen-bond donors (Lipinski definition) is 1. The normalized spacial score (nSPS) is 24.3. The Morgan fingerprint density at radius 1 is 1.18 bits per heavy atom. The van der Waals surface area contributed by atoms with E-state index in [2.05, 4.69) is 34.4 Å². The number of nitrogens with zero attached hydrogens (tertiary/aromatic N) is 2. The first-order chi connectivity index (χ1) is 13.7. The van der Waals surface area contributed by atoms with Crippen molar-refractivity contribution >= 4 is 5.91 Å². The average Bonchev–Trinajstić information content (AvgIpc) is 3.33. The van der Waals surface area contributed by atoms with Gasteiger partial charge in [-0.25, -0.2) is 0 Å². The van der Waals surface area contributed by atoms with Crippen molar-refractivity contribution in [3.63, 3.8) is 0 Å². The Balaban J connectivity index is 1.19. The minimum absolute atomic E-state index is 0.103. The summed E-state index contributed by atoms with van der Waals surface area (Å²) in [6.07, 6.45) is 2.26. The number of carbonyl (C=O) groups excluding carboxylic acids is 1. The number of carbonyl (C=O) groups is 1. The molecular formula is C21H25N3O4. The highest BCUT2D eigenvalue weighted by Crippen LogP contribution is 2.40. The maximum absolute atomic E-state index is 12.5. The summed E-state index contributed by atoms with van der Waals surface area (Å²) in [6.45, 7) is 5.94. The van der Waals surface area contributed by atoms with Crippen molar-refractivity contribution in [2.75, 3.05) is 26.3 Å². The highest BCUT2D eigenvalue weighted by atomic mass is 16.6. The van der Waals surface area contributed by atoms with Crippen LogP contribution in [0.5, 0.6) is 11.5 Å². The molecule has 1 aliphatic carbocycles. The Labute approximate surface area is 164 Å². The van der Waals surface area contributed by atoms with Crippen molar-refractivity contribution in [2.24, 2.45) is 5.92 Å². The van der Waals surface area contributed by atoms with Crippen LogP contribution in [0.15, 0.2) is 28.8 Å². The maximum atomic E-state index is 12.5. The van der Waals surface area contributed by atoms with Crippen LogP contribution >= 0.6 is 0 Å². The summed E-state index contributed by atoms with van der Waals surface area (Å²) in [7, 11) is 0. The number of fused-ring (bicyclic) bond motifs is 1. The molecule has 1 saturated heterocycles. The van der Waals surface area contributed by atoms with E-state index < -0.39 is 0 Å². The Hall–Kier alpha value is -2.54. The van der Waals surface area contributed by atoms with Gasteiger partial charge in [-0.3, -0.25) is 9.69 Å². The minimum Gasteiger partial charge on any atom is -0.486 e. The lowest BCUT2D eigenvalue weighted by Gasteiger charge is -2.21. The number of aromatic nitrogens is 1. The zero-order chi connectivity index (χ0) is 19.1. The highest BCUT2D eigenvalue weighted by Gasteiger charge is 2.33. The molecule has 1 aromatic carbocycles. The molecule has 1 N–H and O–H groups in total. The summed E-state index contributed by atoms with van der Waals surface area (Å²) in [6, 6.07) is 8.01. The molecule has 2 atom stereocenters. The van der Waals surface area contributed by atoms with E-state index in [0.29, 0.717) is 30.7 Å². The molecule has 7 nitrogen and oxygen atoms in total. The van der Waals surface area contributed by atoms with Gasteiger partial charge in [0, 0.05) is 37.7 Å². The van der Waals surface area contributed by atoms with E-state index in [0.717, 1.165) is 49.7 Å². The van der Waals surface area contributed by atoms with Gasteiger partial charge in [-0.2, -0.15) is 0 Å². The Kier molecular flexibility index (Phi) is 4.47. The van der Waals surface area contributed by atoms with Crippen LogP contribution in [0.2, 0.25) is 0 Å². The molecule has 3 heterocycles. The smallest absolute Gasteiger partial charge is 0.273 e. The van der Waals surface area contributed by atoms with Gasteiger partial charge < -0.3 is 19.3 Å². The van der Waals surface area contributed by atoms with Crippen LogP contribution < -0.4 is 14.8 Å². The van der Waals surface area contributed by atoms with Crippen LogP contribution in [0.1, 0.15) is 47.5 Å². The molecule has 7 heteroatoms. The fraction of sp³-hybridized carbons (Fsp3) is 0.524. The summed E-state index contributed by atoms with van der Waals surface area (Å²) < 4.78 is 16.6. The van der Waals surface area contributed by atoms with Gasteiger partial charge >= 0.3 is 0 Å². The van der Waals surface area contributed by atoms with Crippen molar-refractivity contribution in [3.8, 4) is 11.5 Å². The van der Waals surface area contributed by atoms with Gasteiger partial charge in [0.1, 0.15) is 19.0 Å². The van der Waals surface area contributed by atoms with Crippen molar-refractivity contribution in [2.45, 2.75) is 38.3 Å². The third kappa shape index (κ3) is 3.58. The second-order valence-electron chi connectivity index (χ2n) is 8.12. The van der Waals surface area contributed by atoms with Crippen LogP contribution in [-0.2, 0) is 6.54 Å². The zero-order valence-corrected chi connectivity index (χ0v) is 16.0. The number of amides is 1. The summed E-state index contributed by atoms with van der Waals surface area (Å²) in [5.74, 6) is 3.15. The molecule has 0 unspecified atom stereocenters. The number of hydrogen-bond acceptors (Lipinski definition) is 6. The van der Waals surface area contributed by atoms with Gasteiger partial charge in [-0.05, 0) is 36.5 Å². The first kappa shape index (κ1) is 17.6. The van der Waals surface area contributed by atoms with E-state index in [1.54, 1.807) is 6.07 Å². The molecule has 0 bridgehead atoms. The van der Waals surface area contributed by atoms with Crippen molar-refractivity contribution in [1.29, 1.82) is 0 Å². The second kappa shape index (κ2) is 7.13. The fourth-order valence-corrected chi connectivity index (χ4v) is 4.03. The summed E-state index contributed by atoms with van der Waals surface area (Å²) >= 11 is 0. The Bertz CT molecular complexity index is 876. The largest absolute Gasteiger partial charge is 0.486 e. The van der Waals surface area contributed by atoms with E-state index >= 15 is 0 Å². The lowest BCUT2D eigenvalue weighted by Crippen LogP contribution is -2.40. The molecule has 2 fully saturated rings. The van der Waals surface area contributed by atoms with Crippen molar-refractivity contribution < 1.29 is 18.8 Å². The molecule has 5 rings (SSSR count). The van der Waals surface area contributed by atoms with Gasteiger partial charge in [0.05, 0.1) is 0 Å². The van der Waals surface area contributed by atoms with Gasteiger partial charge in [0.15, 0.2) is 17.2 Å². The predicted octanol–water partition coefficient (Wildman–Crippen LogP) is 2.57. The van der Waals surface area contributed by atoms with Crippen LogP contribution in [-0.4, -0.2) is 48.3 Å². The average molecular weight is 383 g/mol. The topological polar surface area (TPSA) is 76.8 Å². The molecule has 28 heavy (non-hydrogen) atoms. The van der Waals surface area contributed by atoms with E-state index in [-0.39, 0.29) is 11.9 Å². The quantitative estimate of drug-likeness (QED) is 0.855. The molecule has 2 aromatic rings. The Morgan fingerprint density at radius 3 is 2.82 bits per heavy atom. The number of rotatable bonds is 5. The van der Waals surface area contributed by atoms with Gasteiger partial charge in [-0.15, -0.1) is 0 Å². The van der Waals surface area contributed by atoms with Gasteiger partial charge in [-0.1, -0.05) is 18.1 Å². The number of nitrogens with one attached hydrogen (secondary N) is 1. The Morgan fingerprint density at radius 2 is 2.00 bits per heavy atom. The van der Waals surface area contributed by atoms with E-state index in [1.807, 2.05) is 6.07 Å². The molecular weight excluding hydrogens is 358 g/mol. The van der Waals surface area contributed by atoms with Crippen LogP contribution in [0, 0.1) is 5.92 Å². The number of benzene rings is 1. The monoisotopic (exact) mass is 383 g/mol. The molecule has 1 aromatic heterocycles. The first-order valence-corrected chi connectivity index (χ1v) is 10.0. The third-order valence-corrected chi connectivity index (χ3v) is 5.76. The van der Waals surface area contributed by atoms with Crippen LogP contribution in [0.25, 0.3) is 0 Å². The molecule has 2 aliphatic heterocycles. The van der Waals surface area contributed by atoms with E-state index in [1.165, 1.54) is 5.56 Å². The van der Waals surface area contributed by atoms with E-state index in [4.69, 9.17) is 14.0 Å². The highest BCUT2D eigenvalue weighted by molar-refractivity contribution is 5.92. The van der Waals surface area contributed by atoms with Crippen molar-refractivity contribution in [3.05, 3.63) is 41.3 Å². The van der Waals surface area contributed by atoms with Gasteiger partial charge in [0.2, 0.25) is 0 Å². The summed E-state index contributed by atoms with van der Waals surface area (Å²) in [4.78, 5) is 14.9. The first-order valence-electron chi connectivity index (χ1n) is 10.0. The predicted molar refractivity (Wildman–Crippen MR) is 102 cm³/mol. The number of ether oxygens (including phenoxy) is 2. The van der Waals surface area contributed by atoms with Crippen LogP contribution in [0.4, 0.5) is 0 Å². The maximum Gasteiger partial charge on any atom is 0.273 e. The summed E-state index contributed by atoms with van der Waals surface area (Å²) in [5, 5.41) is 7.08. The lowest BCUT2D eigenvalue weighted by molar-refractivity contribution is 0.0922. The van der Waals surface area contributed by atoms with Gasteiger partial charge in [0.25, 0.3) is 5.91 Å². The minimum atomic E-state index is -0.145. The lowest BCUT2D eigenvalue weighted by atomic mass is 10.1. The molecule has 148 valence electrons. The number of likely N-dealkylation sites (tertiary alicyclic amines) is 1.